The Balaban J connectivity index is 1.54. The number of nitrogens with one attached hydrogen (secondary N) is 1. The van der Waals surface area contributed by atoms with E-state index in [1.165, 1.54) is 11.8 Å². The molecule has 0 saturated carbocycles. The van der Waals surface area contributed by atoms with Crippen LogP contribution in [0.15, 0.2) is 59.8 Å². The van der Waals surface area contributed by atoms with Crippen LogP contribution in [-0.4, -0.2) is 47.2 Å². The van der Waals surface area contributed by atoms with Gasteiger partial charge in [-0.2, -0.15) is 0 Å². The van der Waals surface area contributed by atoms with Crippen LogP contribution in [0.25, 0.3) is 5.69 Å². The van der Waals surface area contributed by atoms with E-state index in [0.29, 0.717) is 24.1 Å². The summed E-state index contributed by atoms with van der Waals surface area (Å²) in [5.74, 6) is 1.74. The summed E-state index contributed by atoms with van der Waals surface area (Å²) in [4.78, 5) is 12.3. The molecule has 0 radical (unpaired) electrons. The molecular weight excluding hydrogens is 388 g/mol. The van der Waals surface area contributed by atoms with Crippen LogP contribution in [0.5, 0.6) is 5.75 Å². The maximum atomic E-state index is 12.3. The Hall–Kier alpha value is -2.84. The first-order valence-corrected chi connectivity index (χ1v) is 10.2. The molecule has 0 aliphatic heterocycles. The summed E-state index contributed by atoms with van der Waals surface area (Å²) in [6.07, 6.45) is 0.762. The topological polar surface area (TPSA) is 78.3 Å². The van der Waals surface area contributed by atoms with Gasteiger partial charge in [-0.25, -0.2) is 0 Å². The van der Waals surface area contributed by atoms with Gasteiger partial charge in [0.15, 0.2) is 11.0 Å². The molecule has 29 heavy (non-hydrogen) atoms. The lowest BCUT2D eigenvalue weighted by Gasteiger charge is -2.10. The average Bonchev–Trinajstić information content (AvgIpc) is 3.16. The molecule has 0 aliphatic rings. The SMILES string of the molecule is COCc1nnc(SCC(=O)NCCc2ccc(OC)cc2)n1-c1ccccc1. The van der Waals surface area contributed by atoms with Crippen molar-refractivity contribution in [2.75, 3.05) is 26.5 Å². The smallest absolute Gasteiger partial charge is 0.230 e. The van der Waals surface area contributed by atoms with Crippen molar-refractivity contribution in [1.29, 1.82) is 0 Å². The minimum atomic E-state index is -0.0422. The van der Waals surface area contributed by atoms with E-state index in [0.717, 1.165) is 23.4 Å². The molecule has 0 saturated heterocycles. The van der Waals surface area contributed by atoms with Crippen LogP contribution >= 0.6 is 11.8 Å². The van der Waals surface area contributed by atoms with Crippen LogP contribution in [0, 0.1) is 0 Å². The van der Waals surface area contributed by atoms with Gasteiger partial charge in [-0.05, 0) is 36.2 Å². The molecule has 1 heterocycles. The molecule has 1 N–H and O–H groups in total. The number of amides is 1. The van der Waals surface area contributed by atoms with Gasteiger partial charge in [0.1, 0.15) is 12.4 Å². The van der Waals surface area contributed by atoms with E-state index < -0.39 is 0 Å². The van der Waals surface area contributed by atoms with E-state index in [4.69, 9.17) is 9.47 Å². The third-order valence-corrected chi connectivity index (χ3v) is 5.14. The highest BCUT2D eigenvalue weighted by Crippen LogP contribution is 2.22. The Bertz CT molecular complexity index is 913. The third-order valence-electron chi connectivity index (χ3n) is 4.22. The van der Waals surface area contributed by atoms with E-state index in [1.54, 1.807) is 14.2 Å². The van der Waals surface area contributed by atoms with Crippen molar-refractivity contribution in [3.05, 3.63) is 66.0 Å². The zero-order chi connectivity index (χ0) is 20.5. The summed E-state index contributed by atoms with van der Waals surface area (Å²) in [6, 6.07) is 17.6. The summed E-state index contributed by atoms with van der Waals surface area (Å²) in [5, 5.41) is 12.0. The van der Waals surface area contributed by atoms with E-state index >= 15 is 0 Å². The molecule has 0 aliphatic carbocycles. The lowest BCUT2D eigenvalue weighted by Crippen LogP contribution is -2.27. The van der Waals surface area contributed by atoms with Gasteiger partial charge in [-0.1, -0.05) is 42.1 Å². The van der Waals surface area contributed by atoms with Crippen molar-refractivity contribution in [2.24, 2.45) is 0 Å². The van der Waals surface area contributed by atoms with Gasteiger partial charge in [0.25, 0.3) is 0 Å². The fraction of sp³-hybridized carbons (Fsp3) is 0.286. The number of para-hydroxylation sites is 1. The van der Waals surface area contributed by atoms with Gasteiger partial charge in [0, 0.05) is 19.3 Å². The van der Waals surface area contributed by atoms with E-state index in [-0.39, 0.29) is 11.7 Å². The number of rotatable bonds is 10. The van der Waals surface area contributed by atoms with Crippen molar-refractivity contribution in [3.63, 3.8) is 0 Å². The number of carbonyl (C=O) groups is 1. The molecule has 1 amide bonds. The molecule has 152 valence electrons. The minimum Gasteiger partial charge on any atom is -0.497 e. The summed E-state index contributed by atoms with van der Waals surface area (Å²) in [6.45, 7) is 0.919. The first kappa shape index (κ1) is 20.9. The number of nitrogens with zero attached hydrogens (tertiary/aromatic N) is 3. The van der Waals surface area contributed by atoms with Crippen LogP contribution in [-0.2, 0) is 22.6 Å². The van der Waals surface area contributed by atoms with Crippen LogP contribution in [0.2, 0.25) is 0 Å². The largest absolute Gasteiger partial charge is 0.497 e. The summed E-state index contributed by atoms with van der Waals surface area (Å²) in [7, 11) is 3.26. The van der Waals surface area contributed by atoms with Gasteiger partial charge in [-0.3, -0.25) is 9.36 Å². The zero-order valence-corrected chi connectivity index (χ0v) is 17.3. The molecule has 3 aromatic rings. The summed E-state index contributed by atoms with van der Waals surface area (Å²) >= 11 is 1.35. The molecule has 0 fully saturated rings. The maximum absolute atomic E-state index is 12.3. The van der Waals surface area contributed by atoms with Crippen LogP contribution in [0.1, 0.15) is 11.4 Å². The Morgan fingerprint density at radius 1 is 1.07 bits per heavy atom. The quantitative estimate of drug-likeness (QED) is 0.516. The first-order chi connectivity index (χ1) is 14.2. The molecule has 2 aromatic carbocycles. The van der Waals surface area contributed by atoms with Gasteiger partial charge < -0.3 is 14.8 Å². The van der Waals surface area contributed by atoms with Crippen molar-refractivity contribution in [1.82, 2.24) is 20.1 Å². The van der Waals surface area contributed by atoms with Gasteiger partial charge in [0.05, 0.1) is 12.9 Å². The lowest BCUT2D eigenvalue weighted by molar-refractivity contribution is -0.118. The van der Waals surface area contributed by atoms with Crippen LogP contribution in [0.3, 0.4) is 0 Å². The number of aromatic nitrogens is 3. The summed E-state index contributed by atoms with van der Waals surface area (Å²) in [5.41, 5.74) is 2.08. The number of benzene rings is 2. The minimum absolute atomic E-state index is 0.0422. The first-order valence-electron chi connectivity index (χ1n) is 9.22. The van der Waals surface area contributed by atoms with E-state index in [2.05, 4.69) is 15.5 Å². The van der Waals surface area contributed by atoms with Gasteiger partial charge >= 0.3 is 0 Å². The Labute approximate surface area is 174 Å². The van der Waals surface area contributed by atoms with Crippen molar-refractivity contribution in [2.45, 2.75) is 18.2 Å². The monoisotopic (exact) mass is 412 g/mol. The second-order valence-corrected chi connectivity index (χ2v) is 7.18. The van der Waals surface area contributed by atoms with Crippen molar-refractivity contribution in [3.8, 4) is 11.4 Å². The normalized spacial score (nSPS) is 10.7. The number of thioether (sulfide) groups is 1. The van der Waals surface area contributed by atoms with Crippen LogP contribution < -0.4 is 10.1 Å². The number of ether oxygens (including phenoxy) is 2. The molecule has 0 atom stereocenters. The number of carbonyl (C=O) groups excluding carboxylic acids is 1. The Kier molecular flexibility index (Phi) is 7.66. The van der Waals surface area contributed by atoms with Crippen LogP contribution in [0.4, 0.5) is 0 Å². The van der Waals surface area contributed by atoms with Gasteiger partial charge in [0.2, 0.25) is 5.91 Å². The zero-order valence-electron chi connectivity index (χ0n) is 16.5. The molecule has 7 nitrogen and oxygen atoms in total. The fourth-order valence-corrected chi connectivity index (χ4v) is 3.57. The summed E-state index contributed by atoms with van der Waals surface area (Å²) < 4.78 is 12.3. The molecule has 3 rings (SSSR count). The highest BCUT2D eigenvalue weighted by atomic mass is 32.2. The maximum Gasteiger partial charge on any atom is 0.230 e. The molecule has 0 unspecified atom stereocenters. The molecule has 0 bridgehead atoms. The molecular formula is C21H24N4O3S. The third kappa shape index (κ3) is 5.82. The number of hydrogen-bond acceptors (Lipinski definition) is 6. The highest BCUT2D eigenvalue weighted by molar-refractivity contribution is 7.99. The average molecular weight is 413 g/mol. The molecule has 8 heteroatoms. The van der Waals surface area contributed by atoms with E-state index in [1.807, 2.05) is 59.2 Å². The second kappa shape index (κ2) is 10.6. The standard InChI is InChI=1S/C21H24N4O3S/c1-27-14-19-23-24-21(25(19)17-6-4-3-5-7-17)29-15-20(26)22-13-12-16-8-10-18(28-2)11-9-16/h3-11H,12-15H2,1-2H3,(H,22,26). The fourth-order valence-electron chi connectivity index (χ4n) is 2.77. The van der Waals surface area contributed by atoms with Gasteiger partial charge in [-0.15, -0.1) is 10.2 Å². The lowest BCUT2D eigenvalue weighted by atomic mass is 10.1. The predicted octanol–water partition coefficient (Wildman–Crippen LogP) is 2.87. The predicted molar refractivity (Wildman–Crippen MR) is 113 cm³/mol. The highest BCUT2D eigenvalue weighted by Gasteiger charge is 2.15. The second-order valence-electron chi connectivity index (χ2n) is 6.24. The van der Waals surface area contributed by atoms with E-state index in [9.17, 15) is 4.79 Å². The Morgan fingerprint density at radius 2 is 1.83 bits per heavy atom. The Morgan fingerprint density at radius 3 is 2.52 bits per heavy atom. The van der Waals surface area contributed by atoms with Crippen molar-refractivity contribution >= 4 is 17.7 Å². The molecule has 0 spiro atoms. The molecule has 1 aromatic heterocycles. The van der Waals surface area contributed by atoms with Crippen molar-refractivity contribution < 1.29 is 14.3 Å². The number of hydrogen-bond donors (Lipinski definition) is 1. The number of methoxy groups -OCH3 is 2.